The van der Waals surface area contributed by atoms with Crippen LogP contribution in [0.25, 0.3) is 0 Å². The first-order chi connectivity index (χ1) is 20.0. The molecular formula is C27H37N3O7S. The molecule has 2 aromatic carbocycles. The van der Waals surface area contributed by atoms with Crippen molar-refractivity contribution in [2.24, 2.45) is 11.8 Å². The van der Waals surface area contributed by atoms with Crippen LogP contribution in [0, 0.1) is 11.8 Å². The van der Waals surface area contributed by atoms with Crippen molar-refractivity contribution in [1.82, 2.24) is 9.62 Å². The fourth-order valence-corrected chi connectivity index (χ4v) is 5.85. The first kappa shape index (κ1) is 22.2. The van der Waals surface area contributed by atoms with E-state index in [1.165, 1.54) is 24.3 Å². The number of ether oxygens (including phenoxy) is 3. The fraction of sp³-hybridized carbons (Fsp3) is 0.519. The number of fused-ring (bicyclic) bond motifs is 1. The maximum absolute atomic E-state index is 13.6. The number of aliphatic hydroxyl groups is 1. The summed E-state index contributed by atoms with van der Waals surface area (Å²) in [5, 5.41) is 13.9. The number of rotatable bonds is 11. The van der Waals surface area contributed by atoms with Crippen LogP contribution in [0.3, 0.4) is 0 Å². The second-order valence-corrected chi connectivity index (χ2v) is 11.6. The molecule has 0 spiro atoms. The normalized spacial score (nSPS) is 29.3. The van der Waals surface area contributed by atoms with Crippen LogP contribution < -0.4 is 11.1 Å². The third-order valence-electron chi connectivity index (χ3n) is 6.13. The SMILES string of the molecule is [2H]C1([2H])CO[C@@H]2OC([2H])([2H])[C@]([2H])(OC(=O)N[C@@H](Cc3ccccc3)[C@H](O)CN(CC(C)C)S(=O)(=O)c3ccc(N)cc3)[C@@H]21. The summed E-state index contributed by atoms with van der Waals surface area (Å²) in [5.74, 6) is -1.71. The van der Waals surface area contributed by atoms with Crippen molar-refractivity contribution in [3.05, 3.63) is 60.2 Å². The van der Waals surface area contributed by atoms with Crippen molar-refractivity contribution in [1.29, 1.82) is 0 Å². The van der Waals surface area contributed by atoms with E-state index in [2.05, 4.69) is 5.32 Å². The molecule has 4 N–H and O–H groups in total. The van der Waals surface area contributed by atoms with Gasteiger partial charge in [-0.3, -0.25) is 0 Å². The summed E-state index contributed by atoms with van der Waals surface area (Å²) in [6.07, 6.45) is -9.27. The number of nitrogen functional groups attached to an aromatic ring is 1. The van der Waals surface area contributed by atoms with E-state index in [4.69, 9.17) is 26.8 Å². The molecule has 38 heavy (non-hydrogen) atoms. The lowest BCUT2D eigenvalue weighted by molar-refractivity contribution is -0.0907. The molecular weight excluding hydrogens is 510 g/mol. The van der Waals surface area contributed by atoms with Gasteiger partial charge in [-0.25, -0.2) is 13.2 Å². The number of nitrogens with zero attached hydrogens (tertiary/aromatic N) is 1. The quantitative estimate of drug-likeness (QED) is 0.361. The Labute approximate surface area is 231 Å². The van der Waals surface area contributed by atoms with Crippen molar-refractivity contribution in [2.45, 2.75) is 56.1 Å². The highest BCUT2D eigenvalue weighted by molar-refractivity contribution is 7.89. The molecule has 0 radical (unpaired) electrons. The molecule has 0 bridgehead atoms. The number of carbonyl (C=O) groups is 1. The number of anilines is 1. The number of sulfonamides is 1. The summed E-state index contributed by atoms with van der Waals surface area (Å²) in [5.41, 5.74) is 6.79. The van der Waals surface area contributed by atoms with Crippen LogP contribution in [-0.2, 0) is 30.7 Å². The molecule has 0 aliphatic carbocycles. The lowest BCUT2D eigenvalue weighted by Crippen LogP contribution is -2.51. The molecule has 2 aromatic rings. The number of nitrogens with one attached hydrogen (secondary N) is 1. The Bertz CT molecular complexity index is 1390. The lowest BCUT2D eigenvalue weighted by Gasteiger charge is -2.31. The Morgan fingerprint density at radius 2 is 1.92 bits per heavy atom. The van der Waals surface area contributed by atoms with Crippen molar-refractivity contribution in [2.75, 3.05) is 32.0 Å². The van der Waals surface area contributed by atoms with Crippen LogP contribution in [0.5, 0.6) is 0 Å². The molecule has 2 heterocycles. The van der Waals surface area contributed by atoms with Gasteiger partial charge in [-0.15, -0.1) is 0 Å². The van der Waals surface area contributed by atoms with Gasteiger partial charge in [-0.05, 0) is 48.5 Å². The minimum atomic E-state index is -4.09. The minimum Gasteiger partial charge on any atom is -0.443 e. The van der Waals surface area contributed by atoms with Crippen LogP contribution in [0.1, 0.15) is 32.6 Å². The lowest BCUT2D eigenvalue weighted by atomic mass is 10.0. The maximum Gasteiger partial charge on any atom is 0.407 e. The van der Waals surface area contributed by atoms with Crippen molar-refractivity contribution in [3.63, 3.8) is 0 Å². The van der Waals surface area contributed by atoms with E-state index in [9.17, 15) is 18.3 Å². The molecule has 2 saturated heterocycles. The second kappa shape index (κ2) is 12.4. The van der Waals surface area contributed by atoms with E-state index in [-0.39, 0.29) is 23.8 Å². The topological polar surface area (TPSA) is 140 Å². The van der Waals surface area contributed by atoms with Crippen LogP contribution >= 0.6 is 0 Å². The van der Waals surface area contributed by atoms with Gasteiger partial charge in [0, 0.05) is 21.5 Å². The van der Waals surface area contributed by atoms with Gasteiger partial charge in [0.05, 0.1) is 40.2 Å². The third kappa shape index (κ3) is 7.03. The Balaban J connectivity index is 1.59. The summed E-state index contributed by atoms with van der Waals surface area (Å²) >= 11 is 0. The number of benzene rings is 2. The van der Waals surface area contributed by atoms with E-state index in [1.807, 2.05) is 13.8 Å². The molecule has 0 aromatic heterocycles. The summed E-state index contributed by atoms with van der Waals surface area (Å²) in [6.45, 7) is -0.120. The number of nitrogens with two attached hydrogens (primary N) is 1. The Hall–Kier alpha value is -2.70. The first-order valence-electron chi connectivity index (χ1n) is 14.8. The fourth-order valence-electron chi connectivity index (χ4n) is 4.23. The van der Waals surface area contributed by atoms with Gasteiger partial charge >= 0.3 is 6.09 Å². The molecule has 10 nitrogen and oxygen atoms in total. The molecule has 5 atom stereocenters. The smallest absolute Gasteiger partial charge is 0.407 e. The number of aliphatic hydroxyl groups excluding tert-OH is 1. The Morgan fingerprint density at radius 3 is 2.61 bits per heavy atom. The molecule has 0 unspecified atom stereocenters. The standard InChI is InChI=1S/C27H37N3O7S/c1-18(2)15-30(38(33,34)21-10-8-20(28)9-11-21)16-24(31)23(14-19-6-4-3-5-7-19)29-27(32)37-25-17-36-26-22(25)12-13-35-26/h3-11,18,22-26,31H,12-17,28H2,1-2H3,(H,29,32)/t22-,23-,24+,25-,26+/m0/s1/i12D2,17D2,25D. The number of alkyl carbamates (subject to hydrolysis) is 1. The zero-order chi connectivity index (χ0) is 31.8. The molecule has 0 saturated carbocycles. The molecule has 1 amide bonds. The van der Waals surface area contributed by atoms with Crippen LogP contribution in [0.4, 0.5) is 10.5 Å². The van der Waals surface area contributed by atoms with Gasteiger partial charge < -0.3 is 30.4 Å². The summed E-state index contributed by atoms with van der Waals surface area (Å²) in [7, 11) is -4.09. The highest BCUT2D eigenvalue weighted by atomic mass is 32.2. The zero-order valence-electron chi connectivity index (χ0n) is 26.2. The molecule has 2 aliphatic rings. The van der Waals surface area contributed by atoms with Crippen molar-refractivity contribution >= 4 is 21.8 Å². The number of hydrogen-bond acceptors (Lipinski definition) is 8. The predicted octanol–water partition coefficient (Wildman–Crippen LogP) is 2.38. The van der Waals surface area contributed by atoms with Gasteiger partial charge in [0.2, 0.25) is 10.0 Å². The van der Waals surface area contributed by atoms with E-state index >= 15 is 0 Å². The molecule has 208 valence electrons. The predicted molar refractivity (Wildman–Crippen MR) is 142 cm³/mol. The van der Waals surface area contributed by atoms with Gasteiger partial charge in [-0.1, -0.05) is 44.2 Å². The number of hydrogen-bond donors (Lipinski definition) is 3. The summed E-state index contributed by atoms with van der Waals surface area (Å²) < 4.78 is 85.1. The van der Waals surface area contributed by atoms with Crippen molar-refractivity contribution < 1.29 is 39.4 Å². The summed E-state index contributed by atoms with van der Waals surface area (Å²) in [4.78, 5) is 13.2. The second-order valence-electron chi connectivity index (χ2n) is 9.63. The van der Waals surface area contributed by atoms with E-state index < -0.39 is 72.6 Å². The monoisotopic (exact) mass is 552 g/mol. The van der Waals surface area contributed by atoms with E-state index in [0.29, 0.717) is 11.3 Å². The molecule has 11 heteroatoms. The van der Waals surface area contributed by atoms with E-state index in [1.54, 1.807) is 30.3 Å². The van der Waals surface area contributed by atoms with Gasteiger partial charge in [0.15, 0.2) is 6.29 Å². The van der Waals surface area contributed by atoms with Crippen LogP contribution in [0.15, 0.2) is 59.5 Å². The van der Waals surface area contributed by atoms with Crippen LogP contribution in [-0.4, -0.2) is 74.7 Å². The highest BCUT2D eigenvalue weighted by Gasteiger charge is 2.44. The first-order valence-corrected chi connectivity index (χ1v) is 13.8. The minimum absolute atomic E-state index is 0.0243. The van der Waals surface area contributed by atoms with Gasteiger partial charge in [0.1, 0.15) is 6.08 Å². The van der Waals surface area contributed by atoms with Gasteiger partial charge in [-0.2, -0.15) is 4.31 Å². The van der Waals surface area contributed by atoms with E-state index in [0.717, 1.165) is 4.31 Å². The Morgan fingerprint density at radius 1 is 1.21 bits per heavy atom. The summed E-state index contributed by atoms with van der Waals surface area (Å²) in [6, 6.07) is 13.3. The van der Waals surface area contributed by atoms with Crippen molar-refractivity contribution in [3.8, 4) is 0 Å². The molecule has 4 rings (SSSR count). The third-order valence-corrected chi connectivity index (χ3v) is 7.97. The molecule has 2 fully saturated rings. The number of amides is 1. The van der Waals surface area contributed by atoms with Crippen LogP contribution in [0.2, 0.25) is 0 Å². The highest BCUT2D eigenvalue weighted by Crippen LogP contribution is 2.33. The largest absolute Gasteiger partial charge is 0.443 e. The van der Waals surface area contributed by atoms with Gasteiger partial charge in [0.25, 0.3) is 0 Å². The average molecular weight is 553 g/mol. The molecule has 2 aliphatic heterocycles. The Kier molecular flexibility index (Phi) is 7.25. The average Bonchev–Trinajstić information content (AvgIpc) is 3.32. The number of carbonyl (C=O) groups excluding carboxylic acids is 1. The maximum atomic E-state index is 13.6. The zero-order valence-corrected chi connectivity index (χ0v) is 22.1.